The number of carbonyl (C=O) groups is 1. The van der Waals surface area contributed by atoms with Gasteiger partial charge in [0.1, 0.15) is 12.3 Å². The Morgan fingerprint density at radius 2 is 1.95 bits per heavy atom. The average Bonchev–Trinajstić information content (AvgIpc) is 2.49. The minimum atomic E-state index is 0.320. The van der Waals surface area contributed by atoms with Gasteiger partial charge in [-0.05, 0) is 12.1 Å². The van der Waals surface area contributed by atoms with E-state index in [2.05, 4.69) is 6.58 Å². The Bertz CT molecular complexity index is 567. The summed E-state index contributed by atoms with van der Waals surface area (Å²) in [6.45, 7) is 6.05. The van der Waals surface area contributed by atoms with Gasteiger partial charge < -0.3 is 0 Å². The second kappa shape index (κ2) is 5.13. The van der Waals surface area contributed by atoms with Gasteiger partial charge in [0, 0.05) is 5.56 Å². The molecule has 0 unspecified atom stereocenters. The van der Waals surface area contributed by atoms with E-state index in [-0.39, 0.29) is 0 Å². The van der Waals surface area contributed by atoms with Crippen LogP contribution in [0.4, 0.5) is 0 Å². The number of likely N-dealkylation sites (tertiary alicyclic amines) is 1. The zero-order valence-electron chi connectivity index (χ0n) is 11.4. The molecule has 2 heterocycles. The molecular formula is C16H18NO3+. The van der Waals surface area contributed by atoms with E-state index in [1.54, 1.807) is 0 Å². The number of hydrogen-bond acceptors (Lipinski definition) is 3. The highest BCUT2D eigenvalue weighted by molar-refractivity contribution is 5.79. The lowest BCUT2D eigenvalue weighted by atomic mass is 10.1. The van der Waals surface area contributed by atoms with Gasteiger partial charge in [0.05, 0.1) is 32.0 Å². The molecule has 3 rings (SSSR count). The Labute approximate surface area is 118 Å². The van der Waals surface area contributed by atoms with Gasteiger partial charge in [0.15, 0.2) is 5.75 Å². The number of quaternary nitrogens is 1. The molecule has 0 bridgehead atoms. The van der Waals surface area contributed by atoms with Crippen molar-refractivity contribution in [2.24, 2.45) is 0 Å². The molecule has 0 saturated carbocycles. The molecule has 1 aromatic carbocycles. The maximum Gasteiger partial charge on any atom is 0.339 e. The van der Waals surface area contributed by atoms with E-state index in [9.17, 15) is 4.79 Å². The van der Waals surface area contributed by atoms with Crippen LogP contribution in [-0.4, -0.2) is 29.9 Å². The fourth-order valence-corrected chi connectivity index (χ4v) is 2.79. The van der Waals surface area contributed by atoms with Gasteiger partial charge in [-0.2, -0.15) is 0 Å². The highest BCUT2D eigenvalue weighted by Crippen LogP contribution is 2.33. The number of ketones is 1. The topological polar surface area (TPSA) is 35.5 Å². The number of fused-ring (bicyclic) bond motifs is 1. The molecule has 0 N–H and O–H groups in total. The predicted molar refractivity (Wildman–Crippen MR) is 75.4 cm³/mol. The standard InChI is InChI=1S/C16H18NO3/c1-2-9-17(10-7-14(18)8-11-17)16-12-13-5-3-4-6-15(13)19-20-16/h2-6,12H,1,7-11H2/q+1. The first-order valence-corrected chi connectivity index (χ1v) is 6.88. The predicted octanol–water partition coefficient (Wildman–Crippen LogP) is 2.67. The maximum absolute atomic E-state index is 11.5. The summed E-state index contributed by atoms with van der Waals surface area (Å²) >= 11 is 0. The molecule has 1 aromatic rings. The van der Waals surface area contributed by atoms with Gasteiger partial charge >= 0.3 is 5.88 Å². The summed E-state index contributed by atoms with van der Waals surface area (Å²) in [5.41, 5.74) is 1.01. The first-order valence-electron chi connectivity index (χ1n) is 6.88. The van der Waals surface area contributed by atoms with Crippen LogP contribution < -0.4 is 4.89 Å². The van der Waals surface area contributed by atoms with Crippen LogP contribution in [0.3, 0.4) is 0 Å². The molecule has 104 valence electrons. The Kier molecular flexibility index (Phi) is 3.32. The third-order valence-corrected chi connectivity index (χ3v) is 4.00. The Balaban J connectivity index is 1.95. The zero-order valence-corrected chi connectivity index (χ0v) is 11.4. The molecule has 0 aliphatic carbocycles. The van der Waals surface area contributed by atoms with Gasteiger partial charge in [0.25, 0.3) is 0 Å². The molecule has 0 atom stereocenters. The summed E-state index contributed by atoms with van der Waals surface area (Å²) in [5.74, 6) is 1.80. The van der Waals surface area contributed by atoms with Crippen molar-refractivity contribution in [3.63, 3.8) is 0 Å². The molecule has 0 amide bonds. The van der Waals surface area contributed by atoms with Gasteiger partial charge in [-0.15, -0.1) is 0 Å². The lowest BCUT2D eigenvalue weighted by molar-refractivity contribution is -0.906. The third kappa shape index (κ3) is 2.23. The van der Waals surface area contributed by atoms with Gasteiger partial charge in [-0.25, -0.2) is 4.89 Å². The van der Waals surface area contributed by atoms with Crippen LogP contribution in [0.15, 0.2) is 42.8 Å². The number of benzene rings is 1. The second-order valence-electron chi connectivity index (χ2n) is 5.29. The smallest absolute Gasteiger partial charge is 0.299 e. The van der Waals surface area contributed by atoms with Crippen molar-refractivity contribution in [3.8, 4) is 5.75 Å². The first-order chi connectivity index (χ1) is 9.73. The minimum Gasteiger partial charge on any atom is -0.299 e. The van der Waals surface area contributed by atoms with Crippen molar-refractivity contribution < 1.29 is 19.1 Å². The maximum atomic E-state index is 11.5. The number of para-hydroxylation sites is 1. The second-order valence-corrected chi connectivity index (χ2v) is 5.29. The van der Waals surface area contributed by atoms with Crippen molar-refractivity contribution in [3.05, 3.63) is 48.4 Å². The van der Waals surface area contributed by atoms with Crippen LogP contribution >= 0.6 is 0 Å². The number of nitrogens with zero attached hydrogens (tertiary/aromatic N) is 1. The van der Waals surface area contributed by atoms with Gasteiger partial charge in [-0.3, -0.25) is 14.2 Å². The lowest BCUT2D eigenvalue weighted by Gasteiger charge is -2.39. The first kappa shape index (κ1) is 12.9. The number of Topliss-reactive ketones (excluding diaryl/α,β-unsaturated/α-hetero) is 1. The molecule has 4 heteroatoms. The summed E-state index contributed by atoms with van der Waals surface area (Å²) in [7, 11) is 0. The monoisotopic (exact) mass is 272 g/mol. The summed E-state index contributed by atoms with van der Waals surface area (Å²) in [5, 5.41) is 0. The van der Waals surface area contributed by atoms with Crippen molar-refractivity contribution in [2.45, 2.75) is 12.8 Å². The highest BCUT2D eigenvalue weighted by Gasteiger charge is 2.40. The van der Waals surface area contributed by atoms with Crippen molar-refractivity contribution >= 4 is 11.9 Å². The van der Waals surface area contributed by atoms with E-state index in [4.69, 9.17) is 9.78 Å². The van der Waals surface area contributed by atoms with Crippen LogP contribution in [0.25, 0.3) is 6.08 Å². The molecule has 4 nitrogen and oxygen atoms in total. The number of carbonyl (C=O) groups excluding carboxylic acids is 1. The van der Waals surface area contributed by atoms with E-state index < -0.39 is 0 Å². The van der Waals surface area contributed by atoms with E-state index in [1.165, 1.54) is 0 Å². The molecule has 20 heavy (non-hydrogen) atoms. The van der Waals surface area contributed by atoms with Crippen molar-refractivity contribution in [1.82, 2.24) is 0 Å². The number of rotatable bonds is 3. The minimum absolute atomic E-state index is 0.320. The quantitative estimate of drug-likeness (QED) is 0.482. The zero-order chi connectivity index (χ0) is 14.0. The van der Waals surface area contributed by atoms with Crippen molar-refractivity contribution in [1.29, 1.82) is 0 Å². The van der Waals surface area contributed by atoms with Crippen molar-refractivity contribution in [2.75, 3.05) is 19.6 Å². The van der Waals surface area contributed by atoms with Crippen LogP contribution in [0.1, 0.15) is 18.4 Å². The molecule has 2 aliphatic heterocycles. The van der Waals surface area contributed by atoms with Crippen LogP contribution in [-0.2, 0) is 9.68 Å². The molecule has 1 saturated heterocycles. The molecular weight excluding hydrogens is 254 g/mol. The Hall–Kier alpha value is -2.07. The van der Waals surface area contributed by atoms with Gasteiger partial charge in [0.2, 0.25) is 0 Å². The Morgan fingerprint density at radius 1 is 1.20 bits per heavy atom. The largest absolute Gasteiger partial charge is 0.339 e. The van der Waals surface area contributed by atoms with E-state index in [1.807, 2.05) is 36.4 Å². The molecule has 0 spiro atoms. The fourth-order valence-electron chi connectivity index (χ4n) is 2.79. The Morgan fingerprint density at radius 3 is 2.70 bits per heavy atom. The summed E-state index contributed by atoms with van der Waals surface area (Å²) in [4.78, 5) is 22.4. The number of piperidine rings is 1. The third-order valence-electron chi connectivity index (χ3n) is 4.00. The molecule has 2 aliphatic rings. The molecule has 0 radical (unpaired) electrons. The van der Waals surface area contributed by atoms with Crippen LogP contribution in [0, 0.1) is 0 Å². The summed E-state index contributed by atoms with van der Waals surface area (Å²) < 4.78 is 0.601. The normalized spacial score (nSPS) is 20.2. The number of hydrogen-bond donors (Lipinski definition) is 0. The summed E-state index contributed by atoms with van der Waals surface area (Å²) in [6.07, 6.45) is 5.05. The van der Waals surface area contributed by atoms with E-state index in [0.717, 1.165) is 36.8 Å². The lowest BCUT2D eigenvalue weighted by Crippen LogP contribution is -2.53. The summed E-state index contributed by atoms with van der Waals surface area (Å²) in [6, 6.07) is 7.76. The van der Waals surface area contributed by atoms with Crippen LogP contribution in [0.2, 0.25) is 0 Å². The van der Waals surface area contributed by atoms with E-state index in [0.29, 0.717) is 23.1 Å². The van der Waals surface area contributed by atoms with Crippen LogP contribution in [0.5, 0.6) is 5.75 Å². The average molecular weight is 272 g/mol. The van der Waals surface area contributed by atoms with Gasteiger partial charge in [-0.1, -0.05) is 24.8 Å². The molecule has 0 aromatic heterocycles. The highest BCUT2D eigenvalue weighted by atomic mass is 17.2. The SMILES string of the molecule is C=CC[N+]1(C2=Cc3ccccc3OO2)CCC(=O)CC1. The fraction of sp³-hybridized carbons (Fsp3) is 0.312. The van der Waals surface area contributed by atoms with E-state index >= 15 is 0 Å². The molecule has 1 fully saturated rings.